The number of nitrogens with two attached hydrogens (primary N) is 3. The summed E-state index contributed by atoms with van der Waals surface area (Å²) in [5.41, 5.74) is 16.0. The molecule has 30 heavy (non-hydrogen) atoms. The quantitative estimate of drug-likeness (QED) is 0.151. The Morgan fingerprint density at radius 2 is 1.30 bits per heavy atom. The van der Waals surface area contributed by atoms with E-state index in [0.717, 1.165) is 12.1 Å². The first-order valence-corrected chi connectivity index (χ1v) is 15.7. The van der Waals surface area contributed by atoms with E-state index in [1.807, 2.05) is 0 Å². The minimum atomic E-state index is -0.826. The van der Waals surface area contributed by atoms with Crippen LogP contribution in [-0.4, -0.2) is 46.5 Å². The molecule has 2 aromatic carbocycles. The van der Waals surface area contributed by atoms with Crippen LogP contribution in [0.3, 0.4) is 0 Å². The van der Waals surface area contributed by atoms with Crippen LogP contribution in [0.2, 0.25) is 0 Å². The molecule has 0 amide bonds. The molecule has 0 aromatic heterocycles. The zero-order valence-corrected chi connectivity index (χ0v) is 22.8. The number of nitrogen functional groups attached to an aromatic ring is 3. The van der Waals surface area contributed by atoms with Crippen molar-refractivity contribution in [3.63, 3.8) is 0 Å². The molecule has 16 heteroatoms. The summed E-state index contributed by atoms with van der Waals surface area (Å²) in [6, 6.07) is 4.55. The Hall–Kier alpha value is -0.681. The van der Waals surface area contributed by atoms with Crippen LogP contribution >= 0.6 is 49.7 Å². The molecule has 11 N–H and O–H groups in total. The summed E-state index contributed by atoms with van der Waals surface area (Å²) < 4.78 is 25.6. The van der Waals surface area contributed by atoms with Gasteiger partial charge in [-0.05, 0) is 44.8 Å². The van der Waals surface area contributed by atoms with Crippen molar-refractivity contribution in [3.05, 3.63) is 55.0 Å². The predicted molar refractivity (Wildman–Crippen MR) is 126 cm³/mol. The van der Waals surface area contributed by atoms with Gasteiger partial charge in [-0.25, -0.2) is 8.78 Å². The van der Waals surface area contributed by atoms with Crippen molar-refractivity contribution in [2.45, 2.75) is 6.92 Å². The number of nitro benzene ring substituents is 1. The molecule has 0 bridgehead atoms. The number of benzene rings is 2. The van der Waals surface area contributed by atoms with Crippen molar-refractivity contribution in [2.24, 2.45) is 0 Å². The monoisotopic (exact) mass is 710 g/mol. The number of nitro groups is 1. The molecule has 2 rings (SSSR count). The van der Waals surface area contributed by atoms with Gasteiger partial charge in [-0.1, -0.05) is 0 Å². The van der Waals surface area contributed by atoms with Gasteiger partial charge in [-0.15, -0.1) is 0 Å². The second kappa shape index (κ2) is 20.2. The number of rotatable bonds is 1. The van der Waals surface area contributed by atoms with Gasteiger partial charge in [0.2, 0.25) is 0 Å². The average molecular weight is 712 g/mol. The van der Waals surface area contributed by atoms with Crippen LogP contribution in [0.4, 0.5) is 31.5 Å². The van der Waals surface area contributed by atoms with Gasteiger partial charge >= 0.3 is 36.7 Å². The van der Waals surface area contributed by atoms with Crippen molar-refractivity contribution in [2.75, 3.05) is 23.8 Å². The Labute approximate surface area is 205 Å². The van der Waals surface area contributed by atoms with Gasteiger partial charge in [0, 0.05) is 24.8 Å². The number of halogens is 6. The van der Waals surface area contributed by atoms with Crippen molar-refractivity contribution in [3.8, 4) is 0 Å². The van der Waals surface area contributed by atoms with Gasteiger partial charge in [-0.2, -0.15) is 0 Å². The fourth-order valence-electron chi connectivity index (χ4n) is 1.29. The van der Waals surface area contributed by atoms with E-state index in [4.69, 9.17) is 40.1 Å². The Morgan fingerprint density at radius 1 is 1.00 bits per heavy atom. The van der Waals surface area contributed by atoms with Gasteiger partial charge in [-0.3, -0.25) is 10.1 Å². The van der Waals surface area contributed by atoms with Crippen LogP contribution < -0.4 is 17.2 Å². The van der Waals surface area contributed by atoms with Crippen LogP contribution in [0.5, 0.6) is 0 Å². The maximum absolute atomic E-state index is 12.7. The molecule has 9 nitrogen and oxygen atoms in total. The zero-order valence-electron chi connectivity index (χ0n) is 15.2. The number of hydrogen-bond donors (Lipinski definition) is 4. The topological polar surface area (TPSA) is 204 Å². The van der Waals surface area contributed by atoms with Crippen molar-refractivity contribution in [1.82, 2.24) is 0 Å². The summed E-state index contributed by atoms with van der Waals surface area (Å²) >= 11 is 4.96. The molecule has 0 saturated heterocycles. The van der Waals surface area contributed by atoms with Crippen LogP contribution in [0.1, 0.15) is 6.92 Å². The van der Waals surface area contributed by atoms with Crippen molar-refractivity contribution < 1.29 is 29.8 Å². The van der Waals surface area contributed by atoms with E-state index in [1.165, 1.54) is 12.1 Å². The third kappa shape index (κ3) is 15.2. The molecule has 172 valence electrons. The third-order valence-electron chi connectivity index (χ3n) is 2.39. The van der Waals surface area contributed by atoms with Gasteiger partial charge in [0.05, 0.1) is 25.2 Å². The molecule has 0 fully saturated rings. The van der Waals surface area contributed by atoms with E-state index >= 15 is 0 Å². The molecule has 0 unspecified atom stereocenters. The molecule has 2 radical (unpaired) electrons. The molecule has 0 atom stereocenters. The van der Waals surface area contributed by atoms with Crippen LogP contribution in [-0.2, 0) is 0 Å². The van der Waals surface area contributed by atoms with Gasteiger partial charge in [0.25, 0.3) is 5.69 Å². The minimum absolute atomic E-state index is 0. The standard InChI is InChI=1S/C6H4BrFN2O2.C6H6BrFN2.C2H6O.2ClH.2H2O.Sn/c7-3-1-6(10(11)12)5(9)2-4(3)8;7-3-1-5(9)6(10)2-4(3)8;1-2-3;;;;;/h1-2H,9H2;1-2H,9-10H2;3H,2H2,1H3;2*1H;2*1H2;/q;;;;;;;+2/p-2. The van der Waals surface area contributed by atoms with Crippen LogP contribution in [0.25, 0.3) is 0 Å². The Morgan fingerprint density at radius 3 is 1.63 bits per heavy atom. The van der Waals surface area contributed by atoms with E-state index in [-0.39, 0.29) is 39.1 Å². The number of nitrogens with zero attached hydrogens (tertiary/aromatic N) is 1. The van der Waals surface area contributed by atoms with Crippen LogP contribution in [0, 0.1) is 21.7 Å². The average Bonchev–Trinajstić information content (AvgIpc) is 2.58. The summed E-state index contributed by atoms with van der Waals surface area (Å²) in [4.78, 5) is 9.60. The fourth-order valence-corrected chi connectivity index (χ4v) is 1.98. The van der Waals surface area contributed by atoms with E-state index in [0.29, 0.717) is 10.2 Å². The van der Waals surface area contributed by atoms with Crippen molar-refractivity contribution >= 4 is 91.3 Å². The molecule has 0 heterocycles. The molecule has 0 aliphatic rings. The first-order chi connectivity index (χ1) is 13.0. The Balaban J connectivity index is -0.000000171. The molecule has 0 saturated carbocycles. The first kappa shape index (κ1) is 36.7. The summed E-state index contributed by atoms with van der Waals surface area (Å²) in [6.45, 7) is 1.93. The molecule has 0 aliphatic carbocycles. The normalized spacial score (nSPS) is 8.40. The van der Waals surface area contributed by atoms with E-state index in [1.54, 1.807) is 6.92 Å². The Kier molecular flexibility index (Phi) is 24.7. The number of aliphatic hydroxyl groups excluding tert-OH is 1. The number of hydrogen-bond acceptors (Lipinski definition) is 6. The summed E-state index contributed by atoms with van der Waals surface area (Å²) in [5.74, 6) is -1.01. The SMILES string of the molecule is CCO.Nc1cc(F)c(Br)cc1N.Nc1cc(F)c(Br)cc1[N+](=O)[O-].O.O.[Cl][Sn][Cl]. The first-order valence-electron chi connectivity index (χ1n) is 6.92. The third-order valence-corrected chi connectivity index (χ3v) is 3.61. The number of aliphatic hydroxyl groups is 1. The fraction of sp³-hybridized carbons (Fsp3) is 0.143. The van der Waals surface area contributed by atoms with Gasteiger partial charge < -0.3 is 33.3 Å². The maximum atomic E-state index is 12.7. The molecular weight excluding hydrogens is 692 g/mol. The second-order valence-corrected chi connectivity index (χ2v) is 10.3. The van der Waals surface area contributed by atoms with E-state index < -0.39 is 35.4 Å². The number of anilines is 3. The van der Waals surface area contributed by atoms with Gasteiger partial charge in [0.1, 0.15) is 17.3 Å². The zero-order chi connectivity index (χ0) is 22.4. The molecule has 0 aliphatic heterocycles. The molecule has 2 aromatic rings. The second-order valence-electron chi connectivity index (χ2n) is 4.37. The molecule has 0 spiro atoms. The van der Waals surface area contributed by atoms with Crippen LogP contribution in [0.15, 0.2) is 33.2 Å². The van der Waals surface area contributed by atoms with E-state index in [2.05, 4.69) is 31.9 Å². The molecular formula is C14H20Br2Cl2F2N4O5Sn. The Bertz CT molecular complexity index is 733. The summed E-state index contributed by atoms with van der Waals surface area (Å²) in [7, 11) is 9.87. The summed E-state index contributed by atoms with van der Waals surface area (Å²) in [6.07, 6.45) is 0. The van der Waals surface area contributed by atoms with E-state index in [9.17, 15) is 18.9 Å². The summed E-state index contributed by atoms with van der Waals surface area (Å²) in [5, 5.41) is 17.8. The predicted octanol–water partition coefficient (Wildman–Crippen LogP) is 3.18. The van der Waals surface area contributed by atoms with Crippen molar-refractivity contribution in [1.29, 1.82) is 0 Å². The van der Waals surface area contributed by atoms with Gasteiger partial charge in [0.15, 0.2) is 0 Å².